The molecule has 3 amide bonds. The van der Waals surface area contributed by atoms with Gasteiger partial charge in [-0.15, -0.1) is 0 Å². The second kappa shape index (κ2) is 11.7. The molecule has 2 atom stereocenters. The van der Waals surface area contributed by atoms with Crippen LogP contribution in [0.1, 0.15) is 45.6 Å². The molecule has 0 radical (unpaired) electrons. The number of hydrogen-bond acceptors (Lipinski definition) is 4. The zero-order valence-electron chi connectivity index (χ0n) is 18.7. The molecule has 2 N–H and O–H groups in total. The van der Waals surface area contributed by atoms with Crippen LogP contribution in [-0.2, 0) is 20.8 Å². The van der Waals surface area contributed by atoms with Gasteiger partial charge in [-0.05, 0) is 50.8 Å². The van der Waals surface area contributed by atoms with E-state index in [-0.39, 0.29) is 36.2 Å². The van der Waals surface area contributed by atoms with Gasteiger partial charge in [0.2, 0.25) is 17.7 Å². The Labute approximate surface area is 180 Å². The van der Waals surface area contributed by atoms with Gasteiger partial charge >= 0.3 is 0 Å². The Balaban J connectivity index is 1.89. The molecule has 2 rings (SSSR count). The molecular formula is C23H36N4O3. The van der Waals surface area contributed by atoms with Crippen molar-refractivity contribution in [2.75, 3.05) is 38.5 Å². The first kappa shape index (κ1) is 23.9. The molecule has 1 aliphatic rings. The summed E-state index contributed by atoms with van der Waals surface area (Å²) >= 11 is 0. The lowest BCUT2D eigenvalue weighted by molar-refractivity contribution is -0.139. The molecule has 0 bridgehead atoms. The van der Waals surface area contributed by atoms with E-state index in [4.69, 9.17) is 0 Å². The Morgan fingerprint density at radius 2 is 1.97 bits per heavy atom. The van der Waals surface area contributed by atoms with Crippen LogP contribution in [0.3, 0.4) is 0 Å². The third-order valence-corrected chi connectivity index (χ3v) is 5.71. The number of nitrogens with zero attached hydrogens (tertiary/aromatic N) is 2. The van der Waals surface area contributed by atoms with Crippen molar-refractivity contribution in [2.45, 2.75) is 52.5 Å². The van der Waals surface area contributed by atoms with Crippen LogP contribution in [0, 0.1) is 5.92 Å². The minimum Gasteiger partial charge on any atom is -0.356 e. The number of rotatable bonds is 9. The predicted octanol–water partition coefficient (Wildman–Crippen LogP) is 2.27. The van der Waals surface area contributed by atoms with Crippen molar-refractivity contribution >= 4 is 23.4 Å². The monoisotopic (exact) mass is 416 g/mol. The van der Waals surface area contributed by atoms with E-state index in [9.17, 15) is 14.4 Å². The Morgan fingerprint density at radius 3 is 2.67 bits per heavy atom. The van der Waals surface area contributed by atoms with Crippen LogP contribution in [0.25, 0.3) is 0 Å². The van der Waals surface area contributed by atoms with Crippen LogP contribution in [0.5, 0.6) is 0 Å². The van der Waals surface area contributed by atoms with Gasteiger partial charge in [0.15, 0.2) is 0 Å². The SMILES string of the molecule is CCCNC(=O)C1CCCN(C(C)C(=O)N(C)CC(=O)Nc2ccccc2CC)C1. The smallest absolute Gasteiger partial charge is 0.243 e. The number of carbonyl (C=O) groups excluding carboxylic acids is 3. The number of likely N-dealkylation sites (tertiary alicyclic amines) is 1. The molecule has 2 unspecified atom stereocenters. The van der Waals surface area contributed by atoms with Crippen LogP contribution in [0.2, 0.25) is 0 Å². The zero-order valence-corrected chi connectivity index (χ0v) is 18.7. The van der Waals surface area contributed by atoms with Crippen molar-refractivity contribution < 1.29 is 14.4 Å². The number of likely N-dealkylation sites (N-methyl/N-ethyl adjacent to an activating group) is 1. The lowest BCUT2D eigenvalue weighted by Crippen LogP contribution is -2.52. The summed E-state index contributed by atoms with van der Waals surface area (Å²) in [5, 5.41) is 5.87. The zero-order chi connectivity index (χ0) is 22.1. The van der Waals surface area contributed by atoms with Gasteiger partial charge in [-0.25, -0.2) is 0 Å². The van der Waals surface area contributed by atoms with E-state index in [1.165, 1.54) is 4.90 Å². The number of para-hydroxylation sites is 1. The van der Waals surface area contributed by atoms with Gasteiger partial charge in [-0.1, -0.05) is 32.0 Å². The lowest BCUT2D eigenvalue weighted by atomic mass is 9.95. The fourth-order valence-corrected chi connectivity index (χ4v) is 3.87. The highest BCUT2D eigenvalue weighted by molar-refractivity contribution is 5.95. The molecule has 7 heteroatoms. The number of amides is 3. The summed E-state index contributed by atoms with van der Waals surface area (Å²) in [4.78, 5) is 41.2. The minimum atomic E-state index is -0.368. The van der Waals surface area contributed by atoms with E-state index < -0.39 is 0 Å². The number of nitrogens with one attached hydrogen (secondary N) is 2. The van der Waals surface area contributed by atoms with Gasteiger partial charge in [0.25, 0.3) is 0 Å². The van der Waals surface area contributed by atoms with Crippen molar-refractivity contribution in [1.29, 1.82) is 0 Å². The number of benzene rings is 1. The number of carbonyl (C=O) groups is 3. The summed E-state index contributed by atoms with van der Waals surface area (Å²) < 4.78 is 0. The first-order chi connectivity index (χ1) is 14.4. The molecule has 1 aliphatic heterocycles. The fourth-order valence-electron chi connectivity index (χ4n) is 3.87. The van der Waals surface area contributed by atoms with Crippen molar-refractivity contribution in [3.8, 4) is 0 Å². The summed E-state index contributed by atoms with van der Waals surface area (Å²) in [5.41, 5.74) is 1.85. The summed E-state index contributed by atoms with van der Waals surface area (Å²) in [6.45, 7) is 7.96. The predicted molar refractivity (Wildman–Crippen MR) is 119 cm³/mol. The quantitative estimate of drug-likeness (QED) is 0.647. The van der Waals surface area contributed by atoms with Crippen molar-refractivity contribution in [2.24, 2.45) is 5.92 Å². The normalized spacial score (nSPS) is 17.8. The maximum Gasteiger partial charge on any atom is 0.243 e. The molecule has 1 aromatic rings. The van der Waals surface area contributed by atoms with Crippen molar-refractivity contribution in [3.05, 3.63) is 29.8 Å². The van der Waals surface area contributed by atoms with Gasteiger partial charge < -0.3 is 15.5 Å². The summed E-state index contributed by atoms with van der Waals surface area (Å²) in [6.07, 6.45) is 3.47. The van der Waals surface area contributed by atoms with E-state index in [1.54, 1.807) is 7.05 Å². The number of hydrogen-bond donors (Lipinski definition) is 2. The molecule has 0 aromatic heterocycles. The molecule has 30 heavy (non-hydrogen) atoms. The van der Waals surface area contributed by atoms with Crippen LogP contribution in [0.15, 0.2) is 24.3 Å². The second-order valence-corrected chi connectivity index (χ2v) is 8.05. The molecule has 1 aromatic carbocycles. The Morgan fingerprint density at radius 1 is 1.23 bits per heavy atom. The first-order valence-electron chi connectivity index (χ1n) is 11.0. The molecule has 1 heterocycles. The Bertz CT molecular complexity index is 737. The molecule has 1 saturated heterocycles. The van der Waals surface area contributed by atoms with Gasteiger partial charge in [-0.3, -0.25) is 19.3 Å². The topological polar surface area (TPSA) is 81.8 Å². The molecule has 166 valence electrons. The van der Waals surface area contributed by atoms with Gasteiger partial charge in [0, 0.05) is 25.8 Å². The standard InChI is InChI=1S/C23H36N4O3/c1-5-13-24-22(29)19-11-9-14-27(15-19)17(3)23(30)26(4)16-21(28)25-20-12-8-7-10-18(20)6-2/h7-8,10,12,17,19H,5-6,9,11,13-16H2,1-4H3,(H,24,29)(H,25,28). The Kier molecular flexibility index (Phi) is 9.30. The first-order valence-corrected chi connectivity index (χ1v) is 11.0. The molecule has 0 spiro atoms. The molecule has 1 fully saturated rings. The molecular weight excluding hydrogens is 380 g/mol. The van der Waals surface area contributed by atoms with Crippen LogP contribution in [-0.4, -0.2) is 66.8 Å². The number of piperidine rings is 1. The summed E-state index contributed by atoms with van der Waals surface area (Å²) in [6, 6.07) is 7.32. The lowest BCUT2D eigenvalue weighted by Gasteiger charge is -2.36. The average Bonchev–Trinajstić information content (AvgIpc) is 2.76. The number of aryl methyl sites for hydroxylation is 1. The third-order valence-electron chi connectivity index (χ3n) is 5.71. The Hall–Kier alpha value is -2.41. The average molecular weight is 417 g/mol. The van der Waals surface area contributed by atoms with E-state index in [1.807, 2.05) is 45.0 Å². The fraction of sp³-hybridized carbons (Fsp3) is 0.609. The molecule has 0 aliphatic carbocycles. The summed E-state index contributed by atoms with van der Waals surface area (Å²) in [5.74, 6) is -0.332. The maximum atomic E-state index is 12.9. The van der Waals surface area contributed by atoms with E-state index in [0.717, 1.165) is 43.5 Å². The van der Waals surface area contributed by atoms with E-state index in [2.05, 4.69) is 15.5 Å². The number of anilines is 1. The third kappa shape index (κ3) is 6.55. The molecule has 7 nitrogen and oxygen atoms in total. The second-order valence-electron chi connectivity index (χ2n) is 8.05. The van der Waals surface area contributed by atoms with Gasteiger partial charge in [-0.2, -0.15) is 0 Å². The largest absolute Gasteiger partial charge is 0.356 e. The highest BCUT2D eigenvalue weighted by atomic mass is 16.2. The van der Waals surface area contributed by atoms with Crippen molar-refractivity contribution in [1.82, 2.24) is 15.1 Å². The minimum absolute atomic E-state index is 0.00449. The van der Waals surface area contributed by atoms with Gasteiger partial charge in [0.05, 0.1) is 18.5 Å². The van der Waals surface area contributed by atoms with E-state index in [0.29, 0.717) is 13.1 Å². The highest BCUT2D eigenvalue weighted by Crippen LogP contribution is 2.20. The van der Waals surface area contributed by atoms with Crippen molar-refractivity contribution in [3.63, 3.8) is 0 Å². The maximum absolute atomic E-state index is 12.9. The van der Waals surface area contributed by atoms with E-state index >= 15 is 0 Å². The highest BCUT2D eigenvalue weighted by Gasteiger charge is 2.32. The van der Waals surface area contributed by atoms with Crippen LogP contribution >= 0.6 is 0 Å². The van der Waals surface area contributed by atoms with Crippen LogP contribution in [0.4, 0.5) is 5.69 Å². The summed E-state index contributed by atoms with van der Waals surface area (Å²) in [7, 11) is 1.65. The van der Waals surface area contributed by atoms with Gasteiger partial charge in [0.1, 0.15) is 0 Å². The molecule has 0 saturated carbocycles. The van der Waals surface area contributed by atoms with Crippen LogP contribution < -0.4 is 10.6 Å².